The Morgan fingerprint density at radius 3 is 2.45 bits per heavy atom. The summed E-state index contributed by atoms with van der Waals surface area (Å²) < 4.78 is 0. The van der Waals surface area contributed by atoms with E-state index in [0.717, 1.165) is 6.04 Å². The molecule has 0 saturated carbocycles. The molecule has 1 fully saturated rings. The lowest BCUT2D eigenvalue weighted by atomic mass is 9.83. The second kappa shape index (κ2) is 5.73. The third-order valence-electron chi connectivity index (χ3n) is 5.33. The number of hydrogen-bond donors (Lipinski definition) is 0. The summed E-state index contributed by atoms with van der Waals surface area (Å²) in [5, 5.41) is 0. The van der Waals surface area contributed by atoms with Crippen molar-refractivity contribution in [1.29, 1.82) is 0 Å². The number of hydrogen-bond acceptors (Lipinski definition) is 1. The highest BCUT2D eigenvalue weighted by molar-refractivity contribution is 5.73. The van der Waals surface area contributed by atoms with E-state index in [1.54, 1.807) is 5.57 Å². The first-order valence-electron chi connectivity index (χ1n) is 8.40. The second-order valence-electron chi connectivity index (χ2n) is 6.66. The molecule has 4 rings (SSSR count). The number of fused-ring (bicyclic) bond motifs is 2. The number of piperidine rings is 1. The van der Waals surface area contributed by atoms with Crippen molar-refractivity contribution in [2.45, 2.75) is 37.8 Å². The topological polar surface area (TPSA) is 3.24 Å². The molecule has 2 aliphatic rings. The summed E-state index contributed by atoms with van der Waals surface area (Å²) in [6.45, 7) is 0. The first kappa shape index (κ1) is 13.8. The van der Waals surface area contributed by atoms with Gasteiger partial charge in [-0.1, -0.05) is 61.0 Å². The highest BCUT2D eigenvalue weighted by Crippen LogP contribution is 2.36. The average Bonchev–Trinajstić information content (AvgIpc) is 2.56. The molecule has 0 aromatic heterocycles. The van der Waals surface area contributed by atoms with Gasteiger partial charge in [-0.3, -0.25) is 4.90 Å². The molecule has 0 amide bonds. The minimum atomic E-state index is 0.642. The van der Waals surface area contributed by atoms with E-state index >= 15 is 0 Å². The van der Waals surface area contributed by atoms with E-state index in [0.29, 0.717) is 6.04 Å². The maximum absolute atomic E-state index is 2.58. The molecule has 2 unspecified atom stereocenters. The third-order valence-corrected chi connectivity index (χ3v) is 5.33. The van der Waals surface area contributed by atoms with Crippen molar-refractivity contribution >= 4 is 5.57 Å². The van der Waals surface area contributed by atoms with E-state index in [2.05, 4.69) is 72.6 Å². The largest absolute Gasteiger partial charge is 0.297 e. The molecule has 112 valence electrons. The minimum absolute atomic E-state index is 0.642. The Morgan fingerprint density at radius 1 is 0.864 bits per heavy atom. The molecular weight excluding hydrogens is 266 g/mol. The summed E-state index contributed by atoms with van der Waals surface area (Å²) in [4.78, 5) is 2.58. The summed E-state index contributed by atoms with van der Waals surface area (Å²) in [6, 6.07) is 21.1. The van der Waals surface area contributed by atoms with Gasteiger partial charge in [0.05, 0.1) is 0 Å². The summed E-state index contributed by atoms with van der Waals surface area (Å²) >= 11 is 0. The summed E-state index contributed by atoms with van der Waals surface area (Å²) in [6.07, 6.45) is 7.76. The van der Waals surface area contributed by atoms with Gasteiger partial charge in [0.15, 0.2) is 0 Å². The van der Waals surface area contributed by atoms with E-state index in [1.807, 2.05) is 0 Å². The first-order chi connectivity index (χ1) is 10.8. The van der Waals surface area contributed by atoms with Gasteiger partial charge in [-0.2, -0.15) is 0 Å². The van der Waals surface area contributed by atoms with Crippen molar-refractivity contribution in [1.82, 2.24) is 4.90 Å². The van der Waals surface area contributed by atoms with Crippen LogP contribution in [0.15, 0.2) is 60.7 Å². The Bertz CT molecular complexity index is 686. The molecule has 2 heterocycles. The minimum Gasteiger partial charge on any atom is -0.297 e. The molecule has 2 bridgehead atoms. The third kappa shape index (κ3) is 2.50. The lowest BCUT2D eigenvalue weighted by Crippen LogP contribution is -2.45. The molecule has 0 N–H and O–H groups in total. The van der Waals surface area contributed by atoms with Crippen LogP contribution in [-0.4, -0.2) is 24.0 Å². The molecule has 22 heavy (non-hydrogen) atoms. The number of rotatable bonds is 2. The molecule has 2 aromatic carbocycles. The normalized spacial score (nSPS) is 24.9. The van der Waals surface area contributed by atoms with Crippen LogP contribution in [0.3, 0.4) is 0 Å². The van der Waals surface area contributed by atoms with E-state index in [1.165, 1.54) is 42.4 Å². The SMILES string of the molecule is CN1C2C=C(c3cccc(-c4ccccc4)c3)CC1CCC2. The molecule has 0 spiro atoms. The Hall–Kier alpha value is -1.86. The maximum atomic E-state index is 2.58. The van der Waals surface area contributed by atoms with Crippen LogP contribution >= 0.6 is 0 Å². The molecule has 2 aromatic rings. The van der Waals surface area contributed by atoms with Crippen LogP contribution in [0.25, 0.3) is 16.7 Å². The fourth-order valence-corrected chi connectivity index (χ4v) is 3.98. The van der Waals surface area contributed by atoms with Crippen LogP contribution in [-0.2, 0) is 0 Å². The zero-order chi connectivity index (χ0) is 14.9. The monoisotopic (exact) mass is 289 g/mol. The van der Waals surface area contributed by atoms with E-state index in [4.69, 9.17) is 0 Å². The van der Waals surface area contributed by atoms with Gasteiger partial charge in [0.1, 0.15) is 0 Å². The first-order valence-corrected chi connectivity index (χ1v) is 8.40. The maximum Gasteiger partial charge on any atom is 0.0284 e. The van der Waals surface area contributed by atoms with Crippen molar-refractivity contribution in [2.24, 2.45) is 0 Å². The standard InChI is InChI=1S/C21H23N/c1-22-20-11-6-12-21(22)15-19(14-20)18-10-5-9-17(13-18)16-7-3-2-4-8-16/h2-5,7-10,13-14,20-21H,6,11-12,15H2,1H3. The zero-order valence-electron chi connectivity index (χ0n) is 13.2. The van der Waals surface area contributed by atoms with Crippen LogP contribution in [0.5, 0.6) is 0 Å². The molecule has 2 aliphatic heterocycles. The average molecular weight is 289 g/mol. The van der Waals surface area contributed by atoms with Gasteiger partial charge in [-0.15, -0.1) is 0 Å². The number of nitrogens with zero attached hydrogens (tertiary/aromatic N) is 1. The van der Waals surface area contributed by atoms with Crippen molar-refractivity contribution in [3.63, 3.8) is 0 Å². The van der Waals surface area contributed by atoms with E-state index in [9.17, 15) is 0 Å². The summed E-state index contributed by atoms with van der Waals surface area (Å²) in [7, 11) is 2.29. The van der Waals surface area contributed by atoms with Gasteiger partial charge in [0.25, 0.3) is 0 Å². The van der Waals surface area contributed by atoms with Gasteiger partial charge in [-0.25, -0.2) is 0 Å². The molecule has 0 radical (unpaired) electrons. The smallest absolute Gasteiger partial charge is 0.0284 e. The number of benzene rings is 2. The Labute approximate surface area is 133 Å². The fraction of sp³-hybridized carbons (Fsp3) is 0.333. The summed E-state index contributed by atoms with van der Waals surface area (Å²) in [5.41, 5.74) is 5.58. The molecule has 1 heteroatoms. The molecule has 1 nitrogen and oxygen atoms in total. The van der Waals surface area contributed by atoms with Crippen molar-refractivity contribution < 1.29 is 0 Å². The predicted octanol–water partition coefficient (Wildman–Crippen LogP) is 4.99. The van der Waals surface area contributed by atoms with Gasteiger partial charge in [-0.05, 0) is 54.6 Å². The zero-order valence-corrected chi connectivity index (χ0v) is 13.2. The highest BCUT2D eigenvalue weighted by atomic mass is 15.2. The van der Waals surface area contributed by atoms with E-state index in [-0.39, 0.29) is 0 Å². The van der Waals surface area contributed by atoms with Gasteiger partial charge >= 0.3 is 0 Å². The van der Waals surface area contributed by atoms with Crippen molar-refractivity contribution in [2.75, 3.05) is 7.05 Å². The number of likely N-dealkylation sites (N-methyl/N-ethyl adjacent to an activating group) is 1. The molecule has 2 atom stereocenters. The Morgan fingerprint density at radius 2 is 1.64 bits per heavy atom. The lowest BCUT2D eigenvalue weighted by Gasteiger charge is -2.42. The van der Waals surface area contributed by atoms with Crippen LogP contribution < -0.4 is 0 Å². The van der Waals surface area contributed by atoms with Crippen molar-refractivity contribution in [3.05, 3.63) is 66.2 Å². The molecule has 0 aliphatic carbocycles. The predicted molar refractivity (Wildman–Crippen MR) is 93.7 cm³/mol. The van der Waals surface area contributed by atoms with Crippen LogP contribution in [0.4, 0.5) is 0 Å². The lowest BCUT2D eigenvalue weighted by molar-refractivity contribution is 0.137. The van der Waals surface area contributed by atoms with Crippen LogP contribution in [0.1, 0.15) is 31.2 Å². The molecule has 1 saturated heterocycles. The fourth-order valence-electron chi connectivity index (χ4n) is 3.98. The van der Waals surface area contributed by atoms with Gasteiger partial charge < -0.3 is 0 Å². The summed E-state index contributed by atoms with van der Waals surface area (Å²) in [5.74, 6) is 0. The Kier molecular flexibility index (Phi) is 3.59. The van der Waals surface area contributed by atoms with Gasteiger partial charge in [0.2, 0.25) is 0 Å². The van der Waals surface area contributed by atoms with Crippen molar-refractivity contribution in [3.8, 4) is 11.1 Å². The Balaban J connectivity index is 1.69. The highest BCUT2D eigenvalue weighted by Gasteiger charge is 2.31. The second-order valence-corrected chi connectivity index (χ2v) is 6.66. The molecular formula is C21H23N. The van der Waals surface area contributed by atoms with Gasteiger partial charge in [0, 0.05) is 12.1 Å². The van der Waals surface area contributed by atoms with Crippen LogP contribution in [0.2, 0.25) is 0 Å². The van der Waals surface area contributed by atoms with Crippen LogP contribution in [0, 0.1) is 0 Å². The quantitative estimate of drug-likeness (QED) is 0.752. The van der Waals surface area contributed by atoms with E-state index < -0.39 is 0 Å².